The van der Waals surface area contributed by atoms with Crippen molar-refractivity contribution in [3.05, 3.63) is 65.5 Å². The molecule has 0 unspecified atom stereocenters. The molecule has 4 nitrogen and oxygen atoms in total. The number of alkyl halides is 2. The molecule has 0 spiro atoms. The van der Waals surface area contributed by atoms with Crippen molar-refractivity contribution in [1.29, 1.82) is 0 Å². The van der Waals surface area contributed by atoms with Gasteiger partial charge in [0.25, 0.3) is 6.43 Å². The van der Waals surface area contributed by atoms with Gasteiger partial charge in [-0.2, -0.15) is 5.10 Å². The number of carboxylic acids is 1. The van der Waals surface area contributed by atoms with E-state index in [1.54, 1.807) is 0 Å². The normalized spacial score (nSPS) is 11.2. The van der Waals surface area contributed by atoms with Crippen LogP contribution in [0.5, 0.6) is 0 Å². The highest BCUT2D eigenvalue weighted by Crippen LogP contribution is 2.23. The molecule has 0 bridgehead atoms. The van der Waals surface area contributed by atoms with Crippen molar-refractivity contribution in [1.82, 2.24) is 9.78 Å². The standard InChI is InChI=1S/C16H12F2N2O2/c17-15(18)14-13(16(21)22)9-20(19-14)8-11-6-3-5-10-4-1-2-7-12(10)11/h1-7,9,15H,8H2,(H,21,22). The maximum absolute atomic E-state index is 12.9. The highest BCUT2D eigenvalue weighted by Gasteiger charge is 2.22. The van der Waals surface area contributed by atoms with Gasteiger partial charge in [-0.3, -0.25) is 4.68 Å². The van der Waals surface area contributed by atoms with E-state index in [9.17, 15) is 13.6 Å². The van der Waals surface area contributed by atoms with Crippen molar-refractivity contribution in [3.8, 4) is 0 Å². The first-order chi connectivity index (χ1) is 10.6. The Morgan fingerprint density at radius 2 is 1.91 bits per heavy atom. The maximum atomic E-state index is 12.9. The summed E-state index contributed by atoms with van der Waals surface area (Å²) in [4.78, 5) is 11.0. The molecule has 2 aromatic carbocycles. The number of benzene rings is 2. The third kappa shape index (κ3) is 2.55. The molecular weight excluding hydrogens is 290 g/mol. The Hall–Kier alpha value is -2.76. The maximum Gasteiger partial charge on any atom is 0.339 e. The number of halogens is 2. The summed E-state index contributed by atoms with van der Waals surface area (Å²) in [7, 11) is 0. The molecule has 6 heteroatoms. The minimum Gasteiger partial charge on any atom is -0.478 e. The number of carboxylic acid groups (broad SMARTS) is 1. The molecule has 3 aromatic rings. The first kappa shape index (κ1) is 14.2. The summed E-state index contributed by atoms with van der Waals surface area (Å²) in [5, 5.41) is 14.7. The minimum atomic E-state index is -2.92. The van der Waals surface area contributed by atoms with E-state index in [0.29, 0.717) is 0 Å². The summed E-state index contributed by atoms with van der Waals surface area (Å²) < 4.78 is 27.0. The monoisotopic (exact) mass is 302 g/mol. The Labute approximate surface area is 124 Å². The fraction of sp³-hybridized carbons (Fsp3) is 0.125. The van der Waals surface area contributed by atoms with Gasteiger partial charge < -0.3 is 5.11 Å². The molecule has 0 atom stereocenters. The summed E-state index contributed by atoms with van der Waals surface area (Å²) in [6, 6.07) is 13.4. The second kappa shape index (κ2) is 5.55. The molecule has 0 saturated carbocycles. The molecule has 0 radical (unpaired) electrons. The third-order valence-corrected chi connectivity index (χ3v) is 3.44. The van der Waals surface area contributed by atoms with Crippen molar-refractivity contribution >= 4 is 16.7 Å². The quantitative estimate of drug-likeness (QED) is 0.799. The molecule has 0 saturated heterocycles. The van der Waals surface area contributed by atoms with Crippen LogP contribution in [-0.2, 0) is 6.54 Å². The lowest BCUT2D eigenvalue weighted by Gasteiger charge is -2.06. The van der Waals surface area contributed by atoms with Gasteiger partial charge in [0, 0.05) is 6.20 Å². The van der Waals surface area contributed by atoms with Gasteiger partial charge in [0.15, 0.2) is 0 Å². The lowest BCUT2D eigenvalue weighted by molar-refractivity contribution is 0.0684. The predicted molar refractivity (Wildman–Crippen MR) is 77.2 cm³/mol. The van der Waals surface area contributed by atoms with Gasteiger partial charge in [-0.15, -0.1) is 0 Å². The third-order valence-electron chi connectivity index (χ3n) is 3.44. The lowest BCUT2D eigenvalue weighted by atomic mass is 10.0. The lowest BCUT2D eigenvalue weighted by Crippen LogP contribution is -2.02. The van der Waals surface area contributed by atoms with Gasteiger partial charge >= 0.3 is 5.97 Å². The van der Waals surface area contributed by atoms with E-state index >= 15 is 0 Å². The van der Waals surface area contributed by atoms with Gasteiger partial charge in [-0.25, -0.2) is 13.6 Å². The Balaban J connectivity index is 2.02. The van der Waals surface area contributed by atoms with Crippen molar-refractivity contribution in [3.63, 3.8) is 0 Å². The number of rotatable bonds is 4. The highest BCUT2D eigenvalue weighted by molar-refractivity contribution is 5.89. The summed E-state index contributed by atoms with van der Waals surface area (Å²) in [5.74, 6) is -1.40. The van der Waals surface area contributed by atoms with E-state index in [4.69, 9.17) is 5.11 Å². The second-order valence-corrected chi connectivity index (χ2v) is 4.87. The van der Waals surface area contributed by atoms with E-state index in [1.807, 2.05) is 42.5 Å². The van der Waals surface area contributed by atoms with Crippen molar-refractivity contribution in [2.75, 3.05) is 0 Å². The average molecular weight is 302 g/mol. The predicted octanol–water partition coefficient (Wildman–Crippen LogP) is 3.72. The van der Waals surface area contributed by atoms with Crippen LogP contribution in [0.3, 0.4) is 0 Å². The van der Waals surface area contributed by atoms with E-state index in [1.165, 1.54) is 4.68 Å². The molecule has 0 aliphatic rings. The largest absolute Gasteiger partial charge is 0.478 e. The Morgan fingerprint density at radius 1 is 1.18 bits per heavy atom. The summed E-state index contributed by atoms with van der Waals surface area (Å²) in [5.41, 5.74) is -0.277. The zero-order chi connectivity index (χ0) is 15.7. The summed E-state index contributed by atoms with van der Waals surface area (Å²) >= 11 is 0. The van der Waals surface area contributed by atoms with Crippen LogP contribution < -0.4 is 0 Å². The average Bonchev–Trinajstić information content (AvgIpc) is 2.92. The van der Waals surface area contributed by atoms with Gasteiger partial charge in [-0.05, 0) is 16.3 Å². The smallest absolute Gasteiger partial charge is 0.339 e. The van der Waals surface area contributed by atoms with Crippen molar-refractivity contribution in [2.45, 2.75) is 13.0 Å². The number of fused-ring (bicyclic) bond motifs is 1. The topological polar surface area (TPSA) is 55.1 Å². The fourth-order valence-corrected chi connectivity index (χ4v) is 2.45. The number of hydrogen-bond donors (Lipinski definition) is 1. The number of aromatic nitrogens is 2. The Morgan fingerprint density at radius 3 is 2.59 bits per heavy atom. The zero-order valence-electron chi connectivity index (χ0n) is 11.4. The Bertz CT molecular complexity index is 838. The molecule has 1 aromatic heterocycles. The summed E-state index contributed by atoms with van der Waals surface area (Å²) in [6.07, 6.45) is -1.77. The van der Waals surface area contributed by atoms with Crippen molar-refractivity contribution in [2.24, 2.45) is 0 Å². The molecular formula is C16H12F2N2O2. The fourth-order valence-electron chi connectivity index (χ4n) is 2.45. The van der Waals surface area contributed by atoms with Gasteiger partial charge in [0.2, 0.25) is 0 Å². The summed E-state index contributed by atoms with van der Waals surface area (Å²) in [6.45, 7) is 0.231. The molecule has 1 heterocycles. The molecule has 3 rings (SSSR count). The molecule has 0 fully saturated rings. The number of nitrogens with zero attached hydrogens (tertiary/aromatic N) is 2. The molecule has 1 N–H and O–H groups in total. The van der Waals surface area contributed by atoms with E-state index < -0.39 is 23.7 Å². The number of carbonyl (C=O) groups is 1. The number of hydrogen-bond acceptors (Lipinski definition) is 2. The molecule has 0 aliphatic heterocycles. The first-order valence-corrected chi connectivity index (χ1v) is 6.61. The van der Waals surface area contributed by atoms with Gasteiger partial charge in [-0.1, -0.05) is 42.5 Å². The van der Waals surface area contributed by atoms with Crippen LogP contribution in [0.4, 0.5) is 8.78 Å². The SMILES string of the molecule is O=C(O)c1cn(Cc2cccc3ccccc23)nc1C(F)F. The molecule has 22 heavy (non-hydrogen) atoms. The van der Waals surface area contributed by atoms with Crippen LogP contribution in [0, 0.1) is 0 Å². The van der Waals surface area contributed by atoms with Crippen LogP contribution in [-0.4, -0.2) is 20.9 Å². The minimum absolute atomic E-state index is 0.231. The van der Waals surface area contributed by atoms with E-state index in [0.717, 1.165) is 22.5 Å². The van der Waals surface area contributed by atoms with E-state index in [-0.39, 0.29) is 6.54 Å². The first-order valence-electron chi connectivity index (χ1n) is 6.61. The van der Waals surface area contributed by atoms with Crippen LogP contribution in [0.25, 0.3) is 10.8 Å². The number of aromatic carboxylic acids is 1. The van der Waals surface area contributed by atoms with Gasteiger partial charge in [0.05, 0.1) is 6.54 Å². The van der Waals surface area contributed by atoms with Crippen LogP contribution >= 0.6 is 0 Å². The van der Waals surface area contributed by atoms with Crippen LogP contribution in [0.2, 0.25) is 0 Å². The highest BCUT2D eigenvalue weighted by atomic mass is 19.3. The van der Waals surface area contributed by atoms with Crippen molar-refractivity contribution < 1.29 is 18.7 Å². The van der Waals surface area contributed by atoms with Crippen LogP contribution in [0.1, 0.15) is 28.0 Å². The van der Waals surface area contributed by atoms with Gasteiger partial charge in [0.1, 0.15) is 11.3 Å². The Kier molecular flexibility index (Phi) is 3.58. The zero-order valence-corrected chi connectivity index (χ0v) is 11.4. The van der Waals surface area contributed by atoms with E-state index in [2.05, 4.69) is 5.10 Å². The second-order valence-electron chi connectivity index (χ2n) is 4.87. The van der Waals surface area contributed by atoms with Crippen LogP contribution in [0.15, 0.2) is 48.7 Å². The molecule has 0 amide bonds. The molecule has 112 valence electrons. The molecule has 0 aliphatic carbocycles.